The Labute approximate surface area is 132 Å². The van der Waals surface area contributed by atoms with Crippen LogP contribution in [-0.2, 0) is 9.53 Å². The average molecular weight is 325 g/mol. The molecule has 0 aromatic heterocycles. The normalized spacial score (nSPS) is 16.9. The smallest absolute Gasteiger partial charge is 0.266 e. The number of ether oxygens (including phenoxy) is 2. The minimum atomic E-state index is -0.130. The van der Waals surface area contributed by atoms with Gasteiger partial charge in [0.1, 0.15) is 4.32 Å². The zero-order valence-corrected chi connectivity index (χ0v) is 13.3. The third kappa shape index (κ3) is 3.55. The van der Waals surface area contributed by atoms with Gasteiger partial charge in [0.15, 0.2) is 11.5 Å². The van der Waals surface area contributed by atoms with Gasteiger partial charge in [-0.15, -0.1) is 0 Å². The standard InChI is InChI=1S/C14H15NO4S2/c1-18-6-5-15-13(17)12(21-14(15)20)8-9-3-4-10(16)11(7-9)19-2/h3-4,7-8,16H,5-6H2,1-2H3/b12-8+. The Hall–Kier alpha value is -1.57. The van der Waals surface area contributed by atoms with Crippen molar-refractivity contribution in [3.05, 3.63) is 28.7 Å². The van der Waals surface area contributed by atoms with Crippen LogP contribution in [0, 0.1) is 0 Å². The summed E-state index contributed by atoms with van der Waals surface area (Å²) in [6.07, 6.45) is 1.73. The molecular formula is C14H15NO4S2. The zero-order chi connectivity index (χ0) is 15.4. The van der Waals surface area contributed by atoms with E-state index in [2.05, 4.69) is 0 Å². The molecule has 1 aromatic rings. The monoisotopic (exact) mass is 325 g/mol. The molecule has 0 aliphatic carbocycles. The lowest BCUT2D eigenvalue weighted by atomic mass is 10.2. The van der Waals surface area contributed by atoms with E-state index in [1.165, 1.54) is 29.8 Å². The Balaban J connectivity index is 2.22. The molecule has 0 spiro atoms. The van der Waals surface area contributed by atoms with Crippen LogP contribution in [0.4, 0.5) is 0 Å². The Kier molecular flexibility index (Phi) is 5.22. The Morgan fingerprint density at radius 2 is 2.19 bits per heavy atom. The van der Waals surface area contributed by atoms with Crippen molar-refractivity contribution in [2.45, 2.75) is 0 Å². The average Bonchev–Trinajstić information content (AvgIpc) is 2.73. The van der Waals surface area contributed by atoms with E-state index in [0.717, 1.165) is 5.56 Å². The maximum Gasteiger partial charge on any atom is 0.266 e. The van der Waals surface area contributed by atoms with Crippen LogP contribution in [0.25, 0.3) is 6.08 Å². The summed E-state index contributed by atoms with van der Waals surface area (Å²) in [5.41, 5.74) is 0.761. The van der Waals surface area contributed by atoms with Crippen molar-refractivity contribution in [3.63, 3.8) is 0 Å². The van der Waals surface area contributed by atoms with Gasteiger partial charge in [-0.1, -0.05) is 30.0 Å². The first-order chi connectivity index (χ1) is 10.1. The van der Waals surface area contributed by atoms with Crippen LogP contribution in [0.2, 0.25) is 0 Å². The molecule has 1 aliphatic rings. The molecule has 0 bridgehead atoms. The highest BCUT2D eigenvalue weighted by atomic mass is 32.2. The molecule has 1 heterocycles. The molecule has 5 nitrogen and oxygen atoms in total. The number of amides is 1. The number of hydrogen-bond acceptors (Lipinski definition) is 6. The highest BCUT2D eigenvalue weighted by Gasteiger charge is 2.31. The first kappa shape index (κ1) is 15.8. The van der Waals surface area contributed by atoms with Crippen LogP contribution in [-0.4, -0.2) is 47.6 Å². The summed E-state index contributed by atoms with van der Waals surface area (Å²) in [5, 5.41) is 9.57. The molecule has 1 saturated heterocycles. The van der Waals surface area contributed by atoms with E-state index >= 15 is 0 Å². The van der Waals surface area contributed by atoms with E-state index in [1.807, 2.05) is 0 Å². The first-order valence-corrected chi connectivity index (χ1v) is 7.40. The van der Waals surface area contributed by atoms with Gasteiger partial charge in [-0.05, 0) is 23.8 Å². The van der Waals surface area contributed by atoms with Crippen molar-refractivity contribution >= 4 is 40.3 Å². The number of nitrogens with zero attached hydrogens (tertiary/aromatic N) is 1. The van der Waals surface area contributed by atoms with Crippen molar-refractivity contribution in [1.82, 2.24) is 4.90 Å². The van der Waals surface area contributed by atoms with Gasteiger partial charge in [-0.3, -0.25) is 9.69 Å². The van der Waals surface area contributed by atoms with E-state index < -0.39 is 0 Å². The predicted octanol–water partition coefficient (Wildman–Crippen LogP) is 2.25. The number of methoxy groups -OCH3 is 2. The molecule has 112 valence electrons. The minimum Gasteiger partial charge on any atom is -0.504 e. The fraction of sp³-hybridized carbons (Fsp3) is 0.286. The Bertz CT molecular complexity index is 601. The predicted molar refractivity (Wildman–Crippen MR) is 86.4 cm³/mol. The number of aromatic hydroxyl groups is 1. The maximum atomic E-state index is 12.3. The highest BCUT2D eigenvalue weighted by molar-refractivity contribution is 8.26. The van der Waals surface area contributed by atoms with E-state index in [1.54, 1.807) is 25.3 Å². The van der Waals surface area contributed by atoms with E-state index in [4.69, 9.17) is 21.7 Å². The molecule has 1 fully saturated rings. The lowest BCUT2D eigenvalue weighted by Gasteiger charge is -2.12. The second-order valence-corrected chi connectivity index (χ2v) is 5.93. The van der Waals surface area contributed by atoms with E-state index in [9.17, 15) is 9.90 Å². The summed E-state index contributed by atoms with van der Waals surface area (Å²) in [7, 11) is 3.05. The fourth-order valence-electron chi connectivity index (χ4n) is 1.81. The number of hydrogen-bond donors (Lipinski definition) is 1. The second-order valence-electron chi connectivity index (χ2n) is 4.26. The lowest BCUT2D eigenvalue weighted by Crippen LogP contribution is -2.31. The van der Waals surface area contributed by atoms with Crippen LogP contribution >= 0.6 is 24.0 Å². The number of thiocarbonyl (C=S) groups is 1. The van der Waals surface area contributed by atoms with Crippen molar-refractivity contribution in [2.75, 3.05) is 27.4 Å². The van der Waals surface area contributed by atoms with Gasteiger partial charge in [-0.25, -0.2) is 0 Å². The van der Waals surface area contributed by atoms with Gasteiger partial charge in [0.05, 0.1) is 25.2 Å². The SMILES string of the molecule is COCCN1C(=O)/C(=C\c2ccc(O)c(OC)c2)SC1=S. The summed E-state index contributed by atoms with van der Waals surface area (Å²) in [6.45, 7) is 0.879. The quantitative estimate of drug-likeness (QED) is 0.662. The Morgan fingerprint density at radius 3 is 2.86 bits per heavy atom. The minimum absolute atomic E-state index is 0.0577. The summed E-state index contributed by atoms with van der Waals surface area (Å²) in [5.74, 6) is 0.287. The number of thioether (sulfide) groups is 1. The van der Waals surface area contributed by atoms with Crippen LogP contribution < -0.4 is 4.74 Å². The summed E-state index contributed by atoms with van der Waals surface area (Å²) in [4.78, 5) is 14.3. The molecule has 0 atom stereocenters. The maximum absolute atomic E-state index is 12.3. The topological polar surface area (TPSA) is 59.0 Å². The number of benzene rings is 1. The molecule has 0 unspecified atom stereocenters. The lowest BCUT2D eigenvalue weighted by molar-refractivity contribution is -0.122. The zero-order valence-electron chi connectivity index (χ0n) is 11.7. The number of carbonyl (C=O) groups is 1. The highest BCUT2D eigenvalue weighted by Crippen LogP contribution is 2.34. The molecule has 1 amide bonds. The third-order valence-corrected chi connectivity index (χ3v) is 4.27. The molecule has 1 aromatic carbocycles. The number of phenolic OH excluding ortho intramolecular Hbond substituents is 1. The second kappa shape index (κ2) is 6.93. The van der Waals surface area contributed by atoms with E-state index in [-0.39, 0.29) is 11.7 Å². The molecule has 0 radical (unpaired) electrons. The van der Waals surface area contributed by atoms with Crippen LogP contribution in [0.15, 0.2) is 23.1 Å². The van der Waals surface area contributed by atoms with Gasteiger partial charge in [0, 0.05) is 7.11 Å². The van der Waals surface area contributed by atoms with Gasteiger partial charge in [-0.2, -0.15) is 0 Å². The molecule has 21 heavy (non-hydrogen) atoms. The summed E-state index contributed by atoms with van der Waals surface area (Å²) >= 11 is 6.46. The van der Waals surface area contributed by atoms with Crippen molar-refractivity contribution in [3.8, 4) is 11.5 Å². The molecule has 1 aliphatic heterocycles. The van der Waals surface area contributed by atoms with Crippen LogP contribution in [0.1, 0.15) is 5.56 Å². The summed E-state index contributed by atoms with van der Waals surface area (Å²) < 4.78 is 10.5. The number of carbonyl (C=O) groups excluding carboxylic acids is 1. The van der Waals surface area contributed by atoms with Gasteiger partial charge < -0.3 is 14.6 Å². The van der Waals surface area contributed by atoms with Crippen LogP contribution in [0.3, 0.4) is 0 Å². The third-order valence-electron chi connectivity index (χ3n) is 2.89. The van der Waals surface area contributed by atoms with Crippen molar-refractivity contribution in [2.24, 2.45) is 0 Å². The molecule has 0 saturated carbocycles. The van der Waals surface area contributed by atoms with Gasteiger partial charge in [0.25, 0.3) is 5.91 Å². The van der Waals surface area contributed by atoms with Crippen molar-refractivity contribution < 1.29 is 19.4 Å². The number of phenols is 1. The molecule has 1 N–H and O–H groups in total. The van der Waals surface area contributed by atoms with Gasteiger partial charge in [0.2, 0.25) is 0 Å². The molecular weight excluding hydrogens is 310 g/mol. The Morgan fingerprint density at radius 1 is 1.43 bits per heavy atom. The molecule has 2 rings (SSSR count). The first-order valence-electron chi connectivity index (χ1n) is 6.18. The number of rotatable bonds is 5. The van der Waals surface area contributed by atoms with Crippen LogP contribution in [0.5, 0.6) is 11.5 Å². The summed E-state index contributed by atoms with van der Waals surface area (Å²) in [6, 6.07) is 4.90. The largest absolute Gasteiger partial charge is 0.504 e. The molecule has 7 heteroatoms. The van der Waals surface area contributed by atoms with Gasteiger partial charge >= 0.3 is 0 Å². The van der Waals surface area contributed by atoms with E-state index in [0.29, 0.717) is 28.1 Å². The fourth-order valence-corrected chi connectivity index (χ4v) is 3.12. The van der Waals surface area contributed by atoms with Crippen molar-refractivity contribution in [1.29, 1.82) is 0 Å².